The molecule has 5 heteroatoms. The van der Waals surface area contributed by atoms with E-state index in [0.29, 0.717) is 0 Å². The molecule has 0 bridgehead atoms. The van der Waals surface area contributed by atoms with Gasteiger partial charge in [0.25, 0.3) is 0 Å². The summed E-state index contributed by atoms with van der Waals surface area (Å²) in [6, 6.07) is 0. The lowest BCUT2D eigenvalue weighted by molar-refractivity contribution is 0.189. The highest BCUT2D eigenvalue weighted by molar-refractivity contribution is 9.10. The van der Waals surface area contributed by atoms with Crippen LogP contribution in [0.1, 0.15) is 13.3 Å². The minimum Gasteiger partial charge on any atom is -0.395 e. The van der Waals surface area contributed by atoms with E-state index in [1.807, 2.05) is 10.9 Å². The topological polar surface area (TPSA) is 41.3 Å². The van der Waals surface area contributed by atoms with Crippen molar-refractivity contribution in [3.05, 3.63) is 16.9 Å². The van der Waals surface area contributed by atoms with Crippen LogP contribution in [0.25, 0.3) is 0 Å². The van der Waals surface area contributed by atoms with Gasteiger partial charge in [-0.1, -0.05) is 6.92 Å². The second-order valence-electron chi connectivity index (χ2n) is 3.49. The van der Waals surface area contributed by atoms with Crippen LogP contribution in [-0.2, 0) is 6.54 Å². The summed E-state index contributed by atoms with van der Waals surface area (Å²) in [5, 5.41) is 13.1. The summed E-state index contributed by atoms with van der Waals surface area (Å²) in [7, 11) is 0. The molecule has 0 unspecified atom stereocenters. The summed E-state index contributed by atoms with van der Waals surface area (Å²) in [4.78, 5) is 2.25. The Balaban J connectivity index is 2.32. The molecule has 0 aromatic carbocycles. The van der Waals surface area contributed by atoms with Crippen molar-refractivity contribution >= 4 is 15.9 Å². The fourth-order valence-electron chi connectivity index (χ4n) is 1.50. The highest BCUT2D eigenvalue weighted by Gasteiger charge is 2.03. The molecule has 0 fully saturated rings. The van der Waals surface area contributed by atoms with Gasteiger partial charge in [-0.2, -0.15) is 5.10 Å². The van der Waals surface area contributed by atoms with Gasteiger partial charge in [0.05, 0.1) is 23.8 Å². The average molecular weight is 276 g/mol. The fourth-order valence-corrected chi connectivity index (χ4v) is 1.83. The van der Waals surface area contributed by atoms with Gasteiger partial charge in [-0.05, 0) is 28.9 Å². The van der Waals surface area contributed by atoms with E-state index in [-0.39, 0.29) is 6.61 Å². The van der Waals surface area contributed by atoms with Gasteiger partial charge in [-0.3, -0.25) is 9.58 Å². The van der Waals surface area contributed by atoms with Crippen molar-refractivity contribution in [1.82, 2.24) is 14.7 Å². The number of nitrogens with zero attached hydrogens (tertiary/aromatic N) is 3. The Morgan fingerprint density at radius 1 is 1.47 bits per heavy atom. The molecular formula is C10H18BrN3O. The van der Waals surface area contributed by atoms with Gasteiger partial charge in [0, 0.05) is 19.3 Å². The zero-order valence-corrected chi connectivity index (χ0v) is 10.7. The number of aliphatic hydroxyl groups is 1. The maximum absolute atomic E-state index is 8.89. The molecule has 0 aliphatic heterocycles. The standard InChI is InChI=1S/C10H18BrN3O/c1-2-3-13(6-7-15)4-5-14-9-10(11)8-12-14/h8-9,15H,2-7H2,1H3. The number of hydrogen-bond acceptors (Lipinski definition) is 3. The molecule has 4 nitrogen and oxygen atoms in total. The molecule has 0 atom stereocenters. The molecule has 1 aromatic rings. The Labute approximate surface area is 99.0 Å². The lowest BCUT2D eigenvalue weighted by Crippen LogP contribution is -2.31. The predicted octanol–water partition coefficient (Wildman–Crippen LogP) is 1.35. The SMILES string of the molecule is CCCN(CCO)CCn1cc(Br)cn1. The van der Waals surface area contributed by atoms with E-state index >= 15 is 0 Å². The smallest absolute Gasteiger partial charge is 0.0632 e. The van der Waals surface area contributed by atoms with Crippen molar-refractivity contribution in [2.45, 2.75) is 19.9 Å². The minimum atomic E-state index is 0.225. The van der Waals surface area contributed by atoms with Gasteiger partial charge in [0.1, 0.15) is 0 Å². The van der Waals surface area contributed by atoms with E-state index in [4.69, 9.17) is 5.11 Å². The summed E-state index contributed by atoms with van der Waals surface area (Å²) < 4.78 is 2.91. The van der Waals surface area contributed by atoms with Crippen LogP contribution in [0, 0.1) is 0 Å². The molecular weight excluding hydrogens is 258 g/mol. The lowest BCUT2D eigenvalue weighted by atomic mass is 10.4. The average Bonchev–Trinajstić information content (AvgIpc) is 2.61. The summed E-state index contributed by atoms with van der Waals surface area (Å²) in [5.41, 5.74) is 0. The van der Waals surface area contributed by atoms with Crippen molar-refractivity contribution in [3.8, 4) is 0 Å². The van der Waals surface area contributed by atoms with Crippen LogP contribution < -0.4 is 0 Å². The Hall–Kier alpha value is -0.390. The first-order valence-corrected chi connectivity index (χ1v) is 6.06. The fraction of sp³-hybridized carbons (Fsp3) is 0.700. The Morgan fingerprint density at radius 3 is 2.80 bits per heavy atom. The second-order valence-corrected chi connectivity index (χ2v) is 4.40. The number of aromatic nitrogens is 2. The third-order valence-corrected chi connectivity index (χ3v) is 2.61. The van der Waals surface area contributed by atoms with E-state index in [0.717, 1.165) is 37.1 Å². The number of hydrogen-bond donors (Lipinski definition) is 1. The second kappa shape index (κ2) is 6.98. The summed E-state index contributed by atoms with van der Waals surface area (Å²) in [6.45, 7) is 5.95. The molecule has 0 saturated carbocycles. The highest BCUT2D eigenvalue weighted by Crippen LogP contribution is 2.06. The van der Waals surface area contributed by atoms with Crippen molar-refractivity contribution in [3.63, 3.8) is 0 Å². The molecule has 1 heterocycles. The van der Waals surface area contributed by atoms with Gasteiger partial charge < -0.3 is 5.11 Å². The quantitative estimate of drug-likeness (QED) is 0.817. The summed E-state index contributed by atoms with van der Waals surface area (Å²) >= 11 is 3.36. The Bertz CT molecular complexity index is 271. The maximum Gasteiger partial charge on any atom is 0.0632 e. The molecule has 0 radical (unpaired) electrons. The van der Waals surface area contributed by atoms with E-state index < -0.39 is 0 Å². The lowest BCUT2D eigenvalue weighted by Gasteiger charge is -2.20. The van der Waals surface area contributed by atoms with Crippen LogP contribution in [0.4, 0.5) is 0 Å². The first kappa shape index (κ1) is 12.7. The first-order valence-electron chi connectivity index (χ1n) is 5.27. The van der Waals surface area contributed by atoms with E-state index in [1.54, 1.807) is 6.20 Å². The molecule has 1 N–H and O–H groups in total. The van der Waals surface area contributed by atoms with Crippen LogP contribution in [-0.4, -0.2) is 46.0 Å². The van der Waals surface area contributed by atoms with Crippen molar-refractivity contribution in [2.24, 2.45) is 0 Å². The van der Waals surface area contributed by atoms with Gasteiger partial charge in [-0.25, -0.2) is 0 Å². The number of aliphatic hydroxyl groups excluding tert-OH is 1. The van der Waals surface area contributed by atoms with Gasteiger partial charge in [0.2, 0.25) is 0 Å². The third-order valence-electron chi connectivity index (χ3n) is 2.20. The van der Waals surface area contributed by atoms with Crippen LogP contribution in [0.3, 0.4) is 0 Å². The van der Waals surface area contributed by atoms with Crippen molar-refractivity contribution in [1.29, 1.82) is 0 Å². The van der Waals surface area contributed by atoms with E-state index in [2.05, 4.69) is 32.9 Å². The van der Waals surface area contributed by atoms with Gasteiger partial charge >= 0.3 is 0 Å². The maximum atomic E-state index is 8.89. The van der Waals surface area contributed by atoms with Crippen molar-refractivity contribution < 1.29 is 5.11 Å². The van der Waals surface area contributed by atoms with Crippen molar-refractivity contribution in [2.75, 3.05) is 26.2 Å². The van der Waals surface area contributed by atoms with Crippen LogP contribution in [0.2, 0.25) is 0 Å². The summed E-state index contributed by atoms with van der Waals surface area (Å²) in [5.74, 6) is 0. The molecule has 1 aromatic heterocycles. The zero-order chi connectivity index (χ0) is 11.1. The molecule has 0 saturated heterocycles. The normalized spacial score (nSPS) is 11.2. The van der Waals surface area contributed by atoms with Gasteiger partial charge in [0.15, 0.2) is 0 Å². The minimum absolute atomic E-state index is 0.225. The van der Waals surface area contributed by atoms with E-state index in [1.165, 1.54) is 0 Å². The predicted molar refractivity (Wildman–Crippen MR) is 63.7 cm³/mol. The molecule has 86 valence electrons. The number of halogens is 1. The monoisotopic (exact) mass is 275 g/mol. The molecule has 1 rings (SSSR count). The zero-order valence-electron chi connectivity index (χ0n) is 9.06. The molecule has 0 aliphatic rings. The molecule has 0 aliphatic carbocycles. The summed E-state index contributed by atoms with van der Waals surface area (Å²) in [6.07, 6.45) is 4.86. The first-order chi connectivity index (χ1) is 7.26. The van der Waals surface area contributed by atoms with Crippen LogP contribution in [0.5, 0.6) is 0 Å². The Morgan fingerprint density at radius 2 is 2.27 bits per heavy atom. The van der Waals surface area contributed by atoms with Crippen LogP contribution >= 0.6 is 15.9 Å². The van der Waals surface area contributed by atoms with Crippen LogP contribution in [0.15, 0.2) is 16.9 Å². The third kappa shape index (κ3) is 4.77. The van der Waals surface area contributed by atoms with Gasteiger partial charge in [-0.15, -0.1) is 0 Å². The highest BCUT2D eigenvalue weighted by atomic mass is 79.9. The molecule has 0 amide bonds. The Kier molecular flexibility index (Phi) is 5.90. The largest absolute Gasteiger partial charge is 0.395 e. The number of rotatable bonds is 7. The van der Waals surface area contributed by atoms with E-state index in [9.17, 15) is 0 Å². The molecule has 0 spiro atoms. The molecule has 15 heavy (non-hydrogen) atoms.